The van der Waals surface area contributed by atoms with Crippen LogP contribution in [0.25, 0.3) is 6.08 Å². The molecule has 3 heteroatoms. The quantitative estimate of drug-likeness (QED) is 0.531. The summed E-state index contributed by atoms with van der Waals surface area (Å²) in [4.78, 5) is 12.4. The van der Waals surface area contributed by atoms with Crippen LogP contribution in [0.5, 0.6) is 11.5 Å². The molecule has 0 saturated heterocycles. The van der Waals surface area contributed by atoms with E-state index in [0.29, 0.717) is 6.42 Å². The molecule has 2 N–H and O–H groups in total. The van der Waals surface area contributed by atoms with E-state index in [1.54, 1.807) is 42.5 Å². The van der Waals surface area contributed by atoms with Crippen LogP contribution < -0.4 is 0 Å². The van der Waals surface area contributed by atoms with Gasteiger partial charge in [0.25, 0.3) is 0 Å². The van der Waals surface area contributed by atoms with Gasteiger partial charge in [-0.1, -0.05) is 60.7 Å². The van der Waals surface area contributed by atoms with Gasteiger partial charge in [-0.15, -0.1) is 0 Å². The molecule has 0 fully saturated rings. The lowest BCUT2D eigenvalue weighted by Gasteiger charge is -2.08. The van der Waals surface area contributed by atoms with E-state index in [0.717, 1.165) is 16.7 Å². The van der Waals surface area contributed by atoms with Gasteiger partial charge in [-0.2, -0.15) is 0 Å². The van der Waals surface area contributed by atoms with Gasteiger partial charge in [-0.05, 0) is 41.0 Å². The number of aromatic hydroxyl groups is 2. The van der Waals surface area contributed by atoms with Gasteiger partial charge >= 0.3 is 0 Å². The number of carbonyl (C=O) groups is 1. The smallest absolute Gasteiger partial charge is 0.189 e. The fraction of sp³-hybridized carbons (Fsp3) is 0.0455. The van der Waals surface area contributed by atoms with Gasteiger partial charge in [0.05, 0.1) is 5.56 Å². The van der Waals surface area contributed by atoms with Crippen molar-refractivity contribution >= 4 is 11.9 Å². The van der Waals surface area contributed by atoms with Gasteiger partial charge in [-0.25, -0.2) is 0 Å². The minimum absolute atomic E-state index is 0.0201. The van der Waals surface area contributed by atoms with Crippen LogP contribution >= 0.6 is 0 Å². The number of rotatable bonds is 5. The number of hydrogen-bond acceptors (Lipinski definition) is 3. The molecule has 0 bridgehead atoms. The lowest BCUT2D eigenvalue weighted by atomic mass is 9.99. The monoisotopic (exact) mass is 330 g/mol. The maximum absolute atomic E-state index is 12.4. The first-order valence-corrected chi connectivity index (χ1v) is 8.00. The van der Waals surface area contributed by atoms with Gasteiger partial charge in [0.2, 0.25) is 0 Å². The first-order valence-electron chi connectivity index (χ1n) is 8.00. The van der Waals surface area contributed by atoms with E-state index in [9.17, 15) is 15.0 Å². The molecule has 25 heavy (non-hydrogen) atoms. The SMILES string of the molecule is O=C(/C=C/c1ccc(O)cc1)c1cccc(Cc2ccccc2)c1O. The maximum atomic E-state index is 12.4. The second kappa shape index (κ2) is 7.49. The molecule has 0 aliphatic rings. The highest BCUT2D eigenvalue weighted by molar-refractivity contribution is 6.08. The summed E-state index contributed by atoms with van der Waals surface area (Å²) in [7, 11) is 0. The number of para-hydroxylation sites is 1. The van der Waals surface area contributed by atoms with Gasteiger partial charge in [0.1, 0.15) is 11.5 Å². The van der Waals surface area contributed by atoms with Crippen molar-refractivity contribution in [3.63, 3.8) is 0 Å². The normalized spacial score (nSPS) is 10.9. The van der Waals surface area contributed by atoms with E-state index >= 15 is 0 Å². The van der Waals surface area contributed by atoms with Crippen LogP contribution in [0.3, 0.4) is 0 Å². The zero-order chi connectivity index (χ0) is 17.6. The number of phenols is 2. The minimum atomic E-state index is -0.263. The number of ketones is 1. The van der Waals surface area contributed by atoms with E-state index in [1.807, 2.05) is 36.4 Å². The third kappa shape index (κ3) is 4.15. The second-order valence-electron chi connectivity index (χ2n) is 5.76. The Labute approximate surface area is 146 Å². The number of carbonyl (C=O) groups excluding carboxylic acids is 1. The first-order chi connectivity index (χ1) is 12.1. The lowest BCUT2D eigenvalue weighted by Crippen LogP contribution is -1.98. The Morgan fingerprint density at radius 1 is 0.840 bits per heavy atom. The van der Waals surface area contributed by atoms with Gasteiger partial charge in [0.15, 0.2) is 5.78 Å². The summed E-state index contributed by atoms with van der Waals surface area (Å²) in [5.74, 6) is -0.0677. The highest BCUT2D eigenvalue weighted by atomic mass is 16.3. The zero-order valence-corrected chi connectivity index (χ0v) is 13.6. The number of allylic oxidation sites excluding steroid dienone is 1. The molecule has 3 aromatic carbocycles. The average Bonchev–Trinajstić information content (AvgIpc) is 2.63. The average molecular weight is 330 g/mol. The largest absolute Gasteiger partial charge is 0.508 e. The molecule has 0 radical (unpaired) electrons. The molecule has 0 heterocycles. The molecule has 0 atom stereocenters. The predicted molar refractivity (Wildman–Crippen MR) is 98.8 cm³/mol. The lowest BCUT2D eigenvalue weighted by molar-refractivity contribution is 0.104. The maximum Gasteiger partial charge on any atom is 0.189 e. The molecule has 0 unspecified atom stereocenters. The van der Waals surface area contributed by atoms with Crippen LogP contribution in [0.4, 0.5) is 0 Å². The molecular formula is C22H18O3. The van der Waals surface area contributed by atoms with Crippen LogP contribution in [-0.2, 0) is 6.42 Å². The van der Waals surface area contributed by atoms with Gasteiger partial charge in [-0.3, -0.25) is 4.79 Å². The summed E-state index contributed by atoms with van der Waals surface area (Å²) < 4.78 is 0. The van der Waals surface area contributed by atoms with E-state index in [1.165, 1.54) is 6.08 Å². The van der Waals surface area contributed by atoms with Gasteiger partial charge < -0.3 is 10.2 Å². The van der Waals surface area contributed by atoms with Crippen LogP contribution in [0.1, 0.15) is 27.0 Å². The molecular weight excluding hydrogens is 312 g/mol. The summed E-state index contributed by atoms with van der Waals surface area (Å²) >= 11 is 0. The van der Waals surface area contributed by atoms with E-state index in [-0.39, 0.29) is 22.8 Å². The highest BCUT2D eigenvalue weighted by Gasteiger charge is 2.12. The van der Waals surface area contributed by atoms with Crippen LogP contribution in [-0.4, -0.2) is 16.0 Å². The Morgan fingerprint density at radius 2 is 1.56 bits per heavy atom. The van der Waals surface area contributed by atoms with Crippen molar-refractivity contribution < 1.29 is 15.0 Å². The summed E-state index contributed by atoms with van der Waals surface area (Å²) in [5, 5.41) is 19.7. The fourth-order valence-corrected chi connectivity index (χ4v) is 2.60. The summed E-state index contributed by atoms with van der Waals surface area (Å²) in [5.41, 5.74) is 2.87. The molecule has 0 aliphatic carbocycles. The molecule has 3 rings (SSSR count). The summed E-state index contributed by atoms with van der Waals surface area (Å²) in [6.45, 7) is 0. The number of hydrogen-bond donors (Lipinski definition) is 2. The third-order valence-electron chi connectivity index (χ3n) is 3.94. The van der Waals surface area contributed by atoms with E-state index in [4.69, 9.17) is 0 Å². The molecule has 3 nitrogen and oxygen atoms in total. The Hall–Kier alpha value is -3.33. The summed E-state index contributed by atoms with van der Waals surface area (Å²) in [6.07, 6.45) is 3.65. The Bertz CT molecular complexity index is 894. The number of benzene rings is 3. The zero-order valence-electron chi connectivity index (χ0n) is 13.6. The van der Waals surface area contributed by atoms with Crippen molar-refractivity contribution in [1.82, 2.24) is 0 Å². The van der Waals surface area contributed by atoms with E-state index < -0.39 is 0 Å². The Kier molecular flexibility index (Phi) is 4.95. The molecule has 0 aliphatic heterocycles. The highest BCUT2D eigenvalue weighted by Crippen LogP contribution is 2.26. The first kappa shape index (κ1) is 16.5. The van der Waals surface area contributed by atoms with Crippen LogP contribution in [0, 0.1) is 0 Å². The van der Waals surface area contributed by atoms with Crippen LogP contribution in [0.2, 0.25) is 0 Å². The summed E-state index contributed by atoms with van der Waals surface area (Å²) in [6, 6.07) is 21.6. The van der Waals surface area contributed by atoms with Crippen LogP contribution in [0.15, 0.2) is 78.9 Å². The van der Waals surface area contributed by atoms with Crippen molar-refractivity contribution in [2.45, 2.75) is 6.42 Å². The van der Waals surface area contributed by atoms with Crippen molar-refractivity contribution in [1.29, 1.82) is 0 Å². The minimum Gasteiger partial charge on any atom is -0.508 e. The van der Waals surface area contributed by atoms with Crippen molar-refractivity contribution in [3.05, 3.63) is 101 Å². The van der Waals surface area contributed by atoms with Crippen molar-refractivity contribution in [3.8, 4) is 11.5 Å². The van der Waals surface area contributed by atoms with E-state index in [2.05, 4.69) is 0 Å². The molecule has 0 saturated carbocycles. The Balaban J connectivity index is 1.81. The van der Waals surface area contributed by atoms with Crippen molar-refractivity contribution in [2.24, 2.45) is 0 Å². The topological polar surface area (TPSA) is 57.5 Å². The Morgan fingerprint density at radius 3 is 2.28 bits per heavy atom. The number of phenolic OH excluding ortho intramolecular Hbond substituents is 2. The molecule has 0 aromatic heterocycles. The fourth-order valence-electron chi connectivity index (χ4n) is 2.60. The molecule has 0 amide bonds. The molecule has 3 aromatic rings. The molecule has 0 spiro atoms. The predicted octanol–water partition coefficient (Wildman–Crippen LogP) is 4.58. The van der Waals surface area contributed by atoms with Gasteiger partial charge in [0, 0.05) is 6.42 Å². The van der Waals surface area contributed by atoms with Crippen molar-refractivity contribution in [2.75, 3.05) is 0 Å². The second-order valence-corrected chi connectivity index (χ2v) is 5.76. The molecule has 124 valence electrons. The third-order valence-corrected chi connectivity index (χ3v) is 3.94. The standard InChI is InChI=1S/C22H18O3/c23-19-12-9-16(10-13-19)11-14-21(24)20-8-4-7-18(22(20)25)15-17-5-2-1-3-6-17/h1-14,23,25H,15H2/b14-11+.